The number of ether oxygens (including phenoxy) is 3. The minimum atomic E-state index is 0.301. The van der Waals surface area contributed by atoms with Crippen molar-refractivity contribution >= 4 is 22.4 Å². The molecule has 0 radical (unpaired) electrons. The number of rotatable bonds is 8. The lowest BCUT2D eigenvalue weighted by Gasteiger charge is -2.21. The van der Waals surface area contributed by atoms with Crippen LogP contribution in [0.2, 0.25) is 0 Å². The fourth-order valence-electron chi connectivity index (χ4n) is 6.14. The van der Waals surface area contributed by atoms with E-state index in [0.717, 1.165) is 70.7 Å². The zero-order valence-electron chi connectivity index (χ0n) is 22.1. The van der Waals surface area contributed by atoms with Gasteiger partial charge in [0.2, 0.25) is 5.88 Å². The van der Waals surface area contributed by atoms with Gasteiger partial charge in [0.05, 0.1) is 49.7 Å². The normalized spacial score (nSPS) is 20.7. The first-order valence-electron chi connectivity index (χ1n) is 13.5. The van der Waals surface area contributed by atoms with Crippen LogP contribution >= 0.6 is 0 Å². The van der Waals surface area contributed by atoms with E-state index in [1.54, 1.807) is 7.11 Å². The molecular formula is C29H31N7O3. The van der Waals surface area contributed by atoms with Gasteiger partial charge in [0.15, 0.2) is 5.65 Å². The molecule has 1 aliphatic heterocycles. The number of nitrogens with zero attached hydrogens (tertiary/aromatic N) is 6. The second-order valence-corrected chi connectivity index (χ2v) is 10.4. The summed E-state index contributed by atoms with van der Waals surface area (Å²) in [6, 6.07) is 10.2. The molecule has 39 heavy (non-hydrogen) atoms. The van der Waals surface area contributed by atoms with E-state index < -0.39 is 0 Å². The molecule has 6 heterocycles. The third kappa shape index (κ3) is 4.44. The highest BCUT2D eigenvalue weighted by molar-refractivity contribution is 6.00. The van der Waals surface area contributed by atoms with Crippen molar-refractivity contribution in [1.82, 2.24) is 29.8 Å². The summed E-state index contributed by atoms with van der Waals surface area (Å²) in [5, 5.41) is 12.7. The first kappa shape index (κ1) is 23.9. The third-order valence-corrected chi connectivity index (χ3v) is 8.00. The van der Waals surface area contributed by atoms with Gasteiger partial charge in [-0.15, -0.1) is 5.10 Å². The summed E-state index contributed by atoms with van der Waals surface area (Å²) in [7, 11) is 1.63. The Morgan fingerprint density at radius 3 is 2.62 bits per heavy atom. The molecule has 1 N–H and O–H groups in total. The lowest BCUT2D eigenvalue weighted by atomic mass is 10.0. The Bertz CT molecular complexity index is 1580. The SMILES string of the molecule is CCOc1cc(-c2ccc(N3CC4CC(OCc5ccc(OC)nc5)CC4C3)nc2)c2c3cn[nH]c3nn2c1. The number of hydrogen-bond acceptors (Lipinski definition) is 8. The summed E-state index contributed by atoms with van der Waals surface area (Å²) in [5.41, 5.74) is 4.86. The standard InChI is InChI=1S/C29H31N7O3/c1-3-38-23-10-24(28-25-13-32-33-29(25)34-36(28)16-23)19-5-6-26(30-12-19)35-14-20-8-22(9-21(20)15-35)39-17-18-4-7-27(37-2)31-11-18/h4-7,10-13,16,20-22H,3,8-9,14-15,17H2,1-2H3,(H,33,34). The van der Waals surface area contributed by atoms with Crippen LogP contribution in [0.1, 0.15) is 25.3 Å². The van der Waals surface area contributed by atoms with E-state index in [1.165, 1.54) is 0 Å². The van der Waals surface area contributed by atoms with Gasteiger partial charge in [0.1, 0.15) is 11.6 Å². The topological polar surface area (TPSA) is 103 Å². The Morgan fingerprint density at radius 2 is 1.90 bits per heavy atom. The highest BCUT2D eigenvalue weighted by Crippen LogP contribution is 2.41. The maximum Gasteiger partial charge on any atom is 0.212 e. The molecule has 7 rings (SSSR count). The largest absolute Gasteiger partial charge is 0.492 e. The Kier molecular flexibility index (Phi) is 6.04. The molecule has 1 aliphatic carbocycles. The van der Waals surface area contributed by atoms with E-state index in [9.17, 15) is 0 Å². The number of aromatic nitrogens is 6. The number of H-pyrrole nitrogens is 1. The van der Waals surface area contributed by atoms with Crippen LogP contribution in [0.5, 0.6) is 11.6 Å². The maximum atomic E-state index is 6.25. The average molecular weight is 526 g/mol. The Hall–Kier alpha value is -4.18. The number of methoxy groups -OCH3 is 1. The number of anilines is 1. The number of aromatic amines is 1. The van der Waals surface area contributed by atoms with Crippen LogP contribution in [0.15, 0.2) is 55.1 Å². The molecule has 5 aromatic heterocycles. The van der Waals surface area contributed by atoms with Crippen LogP contribution in [0, 0.1) is 11.8 Å². The molecule has 10 nitrogen and oxygen atoms in total. The Balaban J connectivity index is 1.03. The number of nitrogens with one attached hydrogen (secondary N) is 1. The van der Waals surface area contributed by atoms with Gasteiger partial charge in [0.25, 0.3) is 0 Å². The van der Waals surface area contributed by atoms with Crippen molar-refractivity contribution in [2.45, 2.75) is 32.5 Å². The molecule has 2 atom stereocenters. The Morgan fingerprint density at radius 1 is 1.03 bits per heavy atom. The Labute approximate surface area is 225 Å². The van der Waals surface area contributed by atoms with E-state index in [0.29, 0.717) is 37.0 Å². The fourth-order valence-corrected chi connectivity index (χ4v) is 6.14. The highest BCUT2D eigenvalue weighted by Gasteiger charge is 2.41. The molecule has 1 saturated heterocycles. The van der Waals surface area contributed by atoms with E-state index in [2.05, 4.69) is 43.4 Å². The van der Waals surface area contributed by atoms with Crippen LogP contribution in [0.3, 0.4) is 0 Å². The van der Waals surface area contributed by atoms with Gasteiger partial charge in [-0.2, -0.15) is 5.10 Å². The number of fused-ring (bicyclic) bond motifs is 4. The van der Waals surface area contributed by atoms with Gasteiger partial charge in [-0.3, -0.25) is 5.10 Å². The van der Waals surface area contributed by atoms with Crippen LogP contribution in [0.25, 0.3) is 27.7 Å². The maximum absolute atomic E-state index is 6.25. The lowest BCUT2D eigenvalue weighted by Crippen LogP contribution is -2.24. The van der Waals surface area contributed by atoms with E-state index in [4.69, 9.17) is 19.2 Å². The van der Waals surface area contributed by atoms with E-state index >= 15 is 0 Å². The van der Waals surface area contributed by atoms with Crippen molar-refractivity contribution in [3.63, 3.8) is 0 Å². The molecule has 2 unspecified atom stereocenters. The summed E-state index contributed by atoms with van der Waals surface area (Å²) in [6.45, 7) is 5.20. The first-order valence-corrected chi connectivity index (χ1v) is 13.5. The molecule has 0 amide bonds. The molecule has 200 valence electrons. The second-order valence-electron chi connectivity index (χ2n) is 10.4. The quantitative estimate of drug-likeness (QED) is 0.316. The van der Waals surface area contributed by atoms with Crippen molar-refractivity contribution in [2.24, 2.45) is 11.8 Å². The van der Waals surface area contributed by atoms with Gasteiger partial charge in [0, 0.05) is 42.7 Å². The molecule has 2 fully saturated rings. The summed E-state index contributed by atoms with van der Waals surface area (Å²) in [6.07, 6.45) is 10.00. The minimum Gasteiger partial charge on any atom is -0.492 e. The van der Waals surface area contributed by atoms with Gasteiger partial charge in [-0.05, 0) is 61.4 Å². The molecule has 0 bridgehead atoms. The van der Waals surface area contributed by atoms with Crippen LogP contribution in [-0.2, 0) is 11.3 Å². The number of hydrogen-bond donors (Lipinski definition) is 1. The van der Waals surface area contributed by atoms with Crippen molar-refractivity contribution in [3.8, 4) is 22.8 Å². The van der Waals surface area contributed by atoms with Crippen LogP contribution in [-0.4, -0.2) is 62.7 Å². The van der Waals surface area contributed by atoms with E-state index in [-0.39, 0.29) is 0 Å². The summed E-state index contributed by atoms with van der Waals surface area (Å²) < 4.78 is 19.1. The van der Waals surface area contributed by atoms with Gasteiger partial charge in [-0.1, -0.05) is 0 Å². The first-order chi connectivity index (χ1) is 19.2. The molecule has 1 saturated carbocycles. The smallest absolute Gasteiger partial charge is 0.212 e. The summed E-state index contributed by atoms with van der Waals surface area (Å²) in [4.78, 5) is 11.6. The predicted octanol–water partition coefficient (Wildman–Crippen LogP) is 4.51. The van der Waals surface area contributed by atoms with Gasteiger partial charge in [-0.25, -0.2) is 14.5 Å². The molecular weight excluding hydrogens is 494 g/mol. The zero-order valence-corrected chi connectivity index (χ0v) is 22.1. The van der Waals surface area contributed by atoms with Gasteiger partial charge < -0.3 is 19.1 Å². The molecule has 2 aliphatic rings. The minimum absolute atomic E-state index is 0.301. The fraction of sp³-hybridized carbons (Fsp3) is 0.379. The molecule has 0 aromatic carbocycles. The predicted molar refractivity (Wildman–Crippen MR) is 147 cm³/mol. The van der Waals surface area contributed by atoms with Crippen LogP contribution < -0.4 is 14.4 Å². The lowest BCUT2D eigenvalue weighted by molar-refractivity contribution is 0.0406. The van der Waals surface area contributed by atoms with Crippen molar-refractivity contribution in [2.75, 3.05) is 31.7 Å². The van der Waals surface area contributed by atoms with Crippen molar-refractivity contribution in [3.05, 3.63) is 60.7 Å². The molecule has 5 aromatic rings. The van der Waals surface area contributed by atoms with Gasteiger partial charge >= 0.3 is 0 Å². The van der Waals surface area contributed by atoms with Crippen molar-refractivity contribution in [1.29, 1.82) is 0 Å². The summed E-state index contributed by atoms with van der Waals surface area (Å²) in [5.74, 6) is 3.69. The molecule has 10 heteroatoms. The van der Waals surface area contributed by atoms with E-state index in [1.807, 2.05) is 48.4 Å². The monoisotopic (exact) mass is 525 g/mol. The molecule has 0 spiro atoms. The zero-order chi connectivity index (χ0) is 26.3. The van der Waals surface area contributed by atoms with Crippen molar-refractivity contribution < 1.29 is 14.2 Å². The highest BCUT2D eigenvalue weighted by atomic mass is 16.5. The average Bonchev–Trinajstić information content (AvgIpc) is 3.73. The van der Waals surface area contributed by atoms with Crippen LogP contribution in [0.4, 0.5) is 5.82 Å². The summed E-state index contributed by atoms with van der Waals surface area (Å²) >= 11 is 0. The third-order valence-electron chi connectivity index (χ3n) is 8.00. The number of pyridine rings is 3. The second kappa shape index (κ2) is 9.85.